The van der Waals surface area contributed by atoms with Gasteiger partial charge in [-0.2, -0.15) is 0 Å². The van der Waals surface area contributed by atoms with Gasteiger partial charge in [0.25, 0.3) is 5.91 Å². The molecule has 8 heteroatoms. The zero-order chi connectivity index (χ0) is 23.5. The molecule has 1 saturated heterocycles. The van der Waals surface area contributed by atoms with Crippen LogP contribution in [0.5, 0.6) is 17.2 Å². The van der Waals surface area contributed by atoms with E-state index < -0.39 is 12.0 Å². The lowest BCUT2D eigenvalue weighted by atomic mass is 9.79. The molecular formula is C25H30N2O6. The molecule has 3 unspecified atom stereocenters. The van der Waals surface area contributed by atoms with Gasteiger partial charge < -0.3 is 29.2 Å². The SMILES string of the molecule is COc1ccc(C2C(C(=O)NCC3CCCO3)c3cc(OC)c(OC)cc3C(=O)N2C)cc1. The quantitative estimate of drug-likeness (QED) is 0.692. The highest BCUT2D eigenvalue weighted by atomic mass is 16.5. The van der Waals surface area contributed by atoms with Crippen molar-refractivity contribution in [3.05, 3.63) is 53.1 Å². The van der Waals surface area contributed by atoms with Gasteiger partial charge in [0, 0.05) is 25.8 Å². The van der Waals surface area contributed by atoms with E-state index in [-0.39, 0.29) is 17.9 Å². The molecule has 0 saturated carbocycles. The topological polar surface area (TPSA) is 86.3 Å². The van der Waals surface area contributed by atoms with E-state index in [1.54, 1.807) is 31.2 Å². The Kier molecular flexibility index (Phi) is 6.74. The average Bonchev–Trinajstić information content (AvgIpc) is 3.37. The van der Waals surface area contributed by atoms with Crippen LogP contribution in [0.15, 0.2) is 36.4 Å². The number of carbonyl (C=O) groups excluding carboxylic acids is 2. The summed E-state index contributed by atoms with van der Waals surface area (Å²) in [7, 11) is 6.38. The maximum Gasteiger partial charge on any atom is 0.254 e. The van der Waals surface area contributed by atoms with E-state index in [9.17, 15) is 9.59 Å². The summed E-state index contributed by atoms with van der Waals surface area (Å²) >= 11 is 0. The molecule has 0 aromatic heterocycles. The van der Waals surface area contributed by atoms with Crippen LogP contribution >= 0.6 is 0 Å². The molecule has 2 aliphatic heterocycles. The average molecular weight is 455 g/mol. The van der Waals surface area contributed by atoms with Crippen LogP contribution in [0.1, 0.15) is 46.3 Å². The van der Waals surface area contributed by atoms with E-state index in [1.807, 2.05) is 24.3 Å². The number of hydrogen-bond donors (Lipinski definition) is 1. The van der Waals surface area contributed by atoms with Crippen molar-refractivity contribution in [3.63, 3.8) is 0 Å². The molecule has 0 radical (unpaired) electrons. The number of ether oxygens (including phenoxy) is 4. The van der Waals surface area contributed by atoms with Crippen molar-refractivity contribution in [2.24, 2.45) is 0 Å². The smallest absolute Gasteiger partial charge is 0.254 e. The molecule has 8 nitrogen and oxygen atoms in total. The third-order valence-corrected chi connectivity index (χ3v) is 6.44. The second kappa shape index (κ2) is 9.70. The van der Waals surface area contributed by atoms with Gasteiger partial charge in [0.1, 0.15) is 5.75 Å². The minimum absolute atomic E-state index is 0.0150. The molecular weight excluding hydrogens is 424 g/mol. The highest BCUT2D eigenvalue weighted by Gasteiger charge is 2.43. The summed E-state index contributed by atoms with van der Waals surface area (Å²) in [6.45, 7) is 1.15. The zero-order valence-electron chi connectivity index (χ0n) is 19.4. The van der Waals surface area contributed by atoms with E-state index in [1.165, 1.54) is 14.2 Å². The van der Waals surface area contributed by atoms with Crippen LogP contribution < -0.4 is 19.5 Å². The maximum absolute atomic E-state index is 13.6. The van der Waals surface area contributed by atoms with Gasteiger partial charge in [0.15, 0.2) is 11.5 Å². The Balaban J connectivity index is 1.78. The third-order valence-electron chi connectivity index (χ3n) is 6.44. The van der Waals surface area contributed by atoms with Crippen LogP contribution in [0.2, 0.25) is 0 Å². The van der Waals surface area contributed by atoms with E-state index in [0.29, 0.717) is 34.9 Å². The lowest BCUT2D eigenvalue weighted by molar-refractivity contribution is -0.124. The number of benzene rings is 2. The highest BCUT2D eigenvalue weighted by Crippen LogP contribution is 2.45. The molecule has 2 aliphatic rings. The monoisotopic (exact) mass is 454 g/mol. The molecule has 3 atom stereocenters. The summed E-state index contributed by atoms with van der Waals surface area (Å²) in [6.07, 6.45) is 1.93. The molecule has 176 valence electrons. The molecule has 0 bridgehead atoms. The molecule has 33 heavy (non-hydrogen) atoms. The van der Waals surface area contributed by atoms with E-state index in [2.05, 4.69) is 5.32 Å². The van der Waals surface area contributed by atoms with Gasteiger partial charge in [-0.15, -0.1) is 0 Å². The van der Waals surface area contributed by atoms with Crippen molar-refractivity contribution in [2.75, 3.05) is 41.5 Å². The first-order valence-corrected chi connectivity index (χ1v) is 11.0. The van der Waals surface area contributed by atoms with Gasteiger partial charge in [0.2, 0.25) is 5.91 Å². The number of nitrogens with zero attached hydrogens (tertiary/aromatic N) is 1. The predicted molar refractivity (Wildman–Crippen MR) is 122 cm³/mol. The Bertz CT molecular complexity index is 1020. The molecule has 2 aromatic rings. The Morgan fingerprint density at radius 1 is 1.09 bits per heavy atom. The third kappa shape index (κ3) is 4.35. The predicted octanol–water partition coefficient (Wildman–Crippen LogP) is 2.92. The number of hydrogen-bond acceptors (Lipinski definition) is 6. The van der Waals surface area contributed by atoms with Crippen LogP contribution in [0.25, 0.3) is 0 Å². The number of carbonyl (C=O) groups is 2. The van der Waals surface area contributed by atoms with Gasteiger partial charge >= 0.3 is 0 Å². The Hall–Kier alpha value is -3.26. The molecule has 0 spiro atoms. The molecule has 4 rings (SSSR count). The summed E-state index contributed by atoms with van der Waals surface area (Å²) in [5, 5.41) is 3.06. The van der Waals surface area contributed by atoms with Gasteiger partial charge in [-0.1, -0.05) is 12.1 Å². The van der Waals surface area contributed by atoms with Crippen LogP contribution in [-0.4, -0.2) is 64.3 Å². The van der Waals surface area contributed by atoms with Gasteiger partial charge in [-0.25, -0.2) is 0 Å². The number of fused-ring (bicyclic) bond motifs is 1. The molecule has 1 fully saturated rings. The number of rotatable bonds is 7. The molecule has 2 amide bonds. The number of amides is 2. The molecule has 0 aliphatic carbocycles. The first-order chi connectivity index (χ1) is 16.0. The van der Waals surface area contributed by atoms with Gasteiger partial charge in [-0.05, 0) is 48.2 Å². The maximum atomic E-state index is 13.6. The van der Waals surface area contributed by atoms with Crippen LogP contribution in [-0.2, 0) is 9.53 Å². The van der Waals surface area contributed by atoms with E-state index >= 15 is 0 Å². The fourth-order valence-electron chi connectivity index (χ4n) is 4.68. The Labute approximate surface area is 193 Å². The lowest BCUT2D eigenvalue weighted by Gasteiger charge is -2.40. The first kappa shape index (κ1) is 22.9. The first-order valence-electron chi connectivity index (χ1n) is 11.0. The minimum Gasteiger partial charge on any atom is -0.497 e. The summed E-state index contributed by atoms with van der Waals surface area (Å²) in [4.78, 5) is 28.6. The van der Waals surface area contributed by atoms with Crippen molar-refractivity contribution >= 4 is 11.8 Å². The molecule has 1 N–H and O–H groups in total. The minimum atomic E-state index is -0.641. The fourth-order valence-corrected chi connectivity index (χ4v) is 4.68. The zero-order valence-corrected chi connectivity index (χ0v) is 19.4. The highest BCUT2D eigenvalue weighted by molar-refractivity contribution is 6.02. The Morgan fingerprint density at radius 3 is 2.39 bits per heavy atom. The largest absolute Gasteiger partial charge is 0.497 e. The number of likely N-dealkylation sites (N-methyl/N-ethyl adjacent to an activating group) is 1. The van der Waals surface area contributed by atoms with Crippen LogP contribution in [0.4, 0.5) is 0 Å². The van der Waals surface area contributed by atoms with Gasteiger partial charge in [0.05, 0.1) is 39.4 Å². The van der Waals surface area contributed by atoms with Crippen molar-refractivity contribution in [3.8, 4) is 17.2 Å². The summed E-state index contributed by atoms with van der Waals surface area (Å²) < 4.78 is 21.8. The van der Waals surface area contributed by atoms with E-state index in [4.69, 9.17) is 18.9 Å². The summed E-state index contributed by atoms with van der Waals surface area (Å²) in [6, 6.07) is 10.3. The van der Waals surface area contributed by atoms with Crippen molar-refractivity contribution in [2.45, 2.75) is 30.9 Å². The normalized spacial score (nSPS) is 22.0. The molecule has 2 heterocycles. The summed E-state index contributed by atoms with van der Waals surface area (Å²) in [5.74, 6) is 0.625. The summed E-state index contributed by atoms with van der Waals surface area (Å²) in [5.41, 5.74) is 1.88. The van der Waals surface area contributed by atoms with Crippen LogP contribution in [0, 0.1) is 0 Å². The number of nitrogens with one attached hydrogen (secondary N) is 1. The van der Waals surface area contributed by atoms with Crippen molar-refractivity contribution < 1.29 is 28.5 Å². The fraction of sp³-hybridized carbons (Fsp3) is 0.440. The van der Waals surface area contributed by atoms with Crippen molar-refractivity contribution in [1.82, 2.24) is 10.2 Å². The number of methoxy groups -OCH3 is 3. The van der Waals surface area contributed by atoms with Gasteiger partial charge in [-0.3, -0.25) is 9.59 Å². The lowest BCUT2D eigenvalue weighted by Crippen LogP contribution is -2.46. The molecule has 2 aromatic carbocycles. The Morgan fingerprint density at radius 2 is 1.79 bits per heavy atom. The van der Waals surface area contributed by atoms with Crippen LogP contribution in [0.3, 0.4) is 0 Å². The second-order valence-electron chi connectivity index (χ2n) is 8.29. The second-order valence-corrected chi connectivity index (χ2v) is 8.29. The van der Waals surface area contributed by atoms with Crippen molar-refractivity contribution in [1.29, 1.82) is 0 Å². The van der Waals surface area contributed by atoms with E-state index in [0.717, 1.165) is 25.0 Å². The standard InChI is InChI=1S/C25H30N2O6/c1-27-23(15-7-9-16(30-2)10-8-15)22(24(28)26-14-17-6-5-11-33-17)18-12-20(31-3)21(32-4)13-19(18)25(27)29/h7-10,12-13,17,22-23H,5-6,11,14H2,1-4H3,(H,26,28).